The lowest BCUT2D eigenvalue weighted by Crippen LogP contribution is -2.18. The van der Waals surface area contributed by atoms with Crippen molar-refractivity contribution in [2.24, 2.45) is 0 Å². The molecule has 1 aliphatic carbocycles. The van der Waals surface area contributed by atoms with Crippen LogP contribution in [0.5, 0.6) is 0 Å². The Bertz CT molecular complexity index is 597. The number of nitrogens with zero attached hydrogens (tertiary/aromatic N) is 1. The van der Waals surface area contributed by atoms with Crippen LogP contribution in [0.4, 0.5) is 0 Å². The van der Waals surface area contributed by atoms with Gasteiger partial charge in [-0.1, -0.05) is 12.1 Å². The molecular formula is C16H18N2O2. The van der Waals surface area contributed by atoms with Gasteiger partial charge < -0.3 is 15.0 Å². The lowest BCUT2D eigenvalue weighted by Gasteiger charge is -2.10. The predicted molar refractivity (Wildman–Crippen MR) is 76.8 cm³/mol. The Morgan fingerprint density at radius 3 is 2.65 bits per heavy atom. The van der Waals surface area contributed by atoms with Gasteiger partial charge in [0.15, 0.2) is 0 Å². The lowest BCUT2D eigenvalue weighted by atomic mass is 10.1. The van der Waals surface area contributed by atoms with E-state index in [1.54, 1.807) is 12.1 Å². The Kier molecular flexibility index (Phi) is 3.56. The number of carboxylic acids is 1. The number of aromatic nitrogens is 1. The summed E-state index contributed by atoms with van der Waals surface area (Å²) in [5.74, 6) is -0.883. The van der Waals surface area contributed by atoms with E-state index in [0.717, 1.165) is 18.7 Å². The Morgan fingerprint density at radius 1 is 1.25 bits per heavy atom. The summed E-state index contributed by atoms with van der Waals surface area (Å²) in [6, 6.07) is 11.9. The molecule has 1 aromatic heterocycles. The van der Waals surface area contributed by atoms with Crippen LogP contribution in [0.15, 0.2) is 42.6 Å². The van der Waals surface area contributed by atoms with E-state index >= 15 is 0 Å². The molecule has 0 amide bonds. The Hall–Kier alpha value is -2.07. The van der Waals surface area contributed by atoms with Crippen molar-refractivity contribution in [2.75, 3.05) is 0 Å². The number of benzene rings is 1. The molecule has 0 radical (unpaired) electrons. The summed E-state index contributed by atoms with van der Waals surface area (Å²) in [5, 5.41) is 12.4. The van der Waals surface area contributed by atoms with E-state index in [2.05, 4.69) is 28.2 Å². The fraction of sp³-hybridized carbons (Fsp3) is 0.312. The monoisotopic (exact) mass is 270 g/mol. The molecule has 104 valence electrons. The molecule has 4 nitrogen and oxygen atoms in total. The molecule has 0 unspecified atom stereocenters. The van der Waals surface area contributed by atoms with Crippen molar-refractivity contribution in [1.29, 1.82) is 0 Å². The van der Waals surface area contributed by atoms with E-state index in [0.29, 0.717) is 11.6 Å². The molecule has 0 bridgehead atoms. The number of hydrogen-bond acceptors (Lipinski definition) is 2. The van der Waals surface area contributed by atoms with E-state index in [1.165, 1.54) is 18.5 Å². The molecule has 1 aromatic carbocycles. The van der Waals surface area contributed by atoms with Crippen molar-refractivity contribution < 1.29 is 9.90 Å². The zero-order chi connectivity index (χ0) is 13.9. The molecule has 0 aliphatic heterocycles. The van der Waals surface area contributed by atoms with Gasteiger partial charge in [-0.3, -0.25) is 0 Å². The summed E-state index contributed by atoms with van der Waals surface area (Å²) >= 11 is 0. The SMILES string of the molecule is O=C(O)c1ccc(Cn2cccc2CNC2CC2)cc1. The first-order valence-corrected chi connectivity index (χ1v) is 6.92. The second kappa shape index (κ2) is 5.51. The van der Waals surface area contributed by atoms with Crippen molar-refractivity contribution in [3.05, 3.63) is 59.4 Å². The van der Waals surface area contributed by atoms with Crippen LogP contribution in [-0.4, -0.2) is 21.7 Å². The van der Waals surface area contributed by atoms with Gasteiger partial charge in [0.25, 0.3) is 0 Å². The van der Waals surface area contributed by atoms with Crippen molar-refractivity contribution in [1.82, 2.24) is 9.88 Å². The van der Waals surface area contributed by atoms with Crippen molar-refractivity contribution in [3.63, 3.8) is 0 Å². The molecule has 1 saturated carbocycles. The molecule has 0 spiro atoms. The van der Waals surface area contributed by atoms with Gasteiger partial charge in [0.2, 0.25) is 0 Å². The lowest BCUT2D eigenvalue weighted by molar-refractivity contribution is 0.0697. The Morgan fingerprint density at radius 2 is 2.00 bits per heavy atom. The molecule has 20 heavy (non-hydrogen) atoms. The molecular weight excluding hydrogens is 252 g/mol. The average molecular weight is 270 g/mol. The predicted octanol–water partition coefficient (Wildman–Crippen LogP) is 2.49. The van der Waals surface area contributed by atoms with Crippen molar-refractivity contribution in [2.45, 2.75) is 32.0 Å². The highest BCUT2D eigenvalue weighted by molar-refractivity contribution is 5.87. The van der Waals surface area contributed by atoms with Gasteiger partial charge in [-0.15, -0.1) is 0 Å². The quantitative estimate of drug-likeness (QED) is 0.848. The molecule has 4 heteroatoms. The molecule has 0 atom stereocenters. The normalized spacial score (nSPS) is 14.4. The third kappa shape index (κ3) is 3.08. The van der Waals surface area contributed by atoms with Gasteiger partial charge >= 0.3 is 5.97 Å². The van der Waals surface area contributed by atoms with Crippen LogP contribution in [0.3, 0.4) is 0 Å². The maximum absolute atomic E-state index is 10.8. The average Bonchev–Trinajstić information content (AvgIpc) is 3.18. The van der Waals surface area contributed by atoms with E-state index in [1.807, 2.05) is 12.1 Å². The minimum atomic E-state index is -0.883. The minimum Gasteiger partial charge on any atom is -0.478 e. The third-order valence-electron chi connectivity index (χ3n) is 3.63. The van der Waals surface area contributed by atoms with Gasteiger partial charge in [-0.2, -0.15) is 0 Å². The third-order valence-corrected chi connectivity index (χ3v) is 3.63. The maximum Gasteiger partial charge on any atom is 0.335 e. The maximum atomic E-state index is 10.8. The fourth-order valence-corrected chi connectivity index (χ4v) is 2.25. The van der Waals surface area contributed by atoms with Gasteiger partial charge in [0.05, 0.1) is 5.56 Å². The fourth-order valence-electron chi connectivity index (χ4n) is 2.25. The smallest absolute Gasteiger partial charge is 0.335 e. The van der Waals surface area contributed by atoms with E-state index in [4.69, 9.17) is 5.11 Å². The largest absolute Gasteiger partial charge is 0.478 e. The van der Waals surface area contributed by atoms with E-state index < -0.39 is 5.97 Å². The van der Waals surface area contributed by atoms with Crippen LogP contribution in [0.25, 0.3) is 0 Å². The van der Waals surface area contributed by atoms with Gasteiger partial charge in [0.1, 0.15) is 0 Å². The molecule has 2 aromatic rings. The van der Waals surface area contributed by atoms with E-state index in [9.17, 15) is 4.79 Å². The number of carbonyl (C=O) groups is 1. The molecule has 1 aliphatic rings. The first-order valence-electron chi connectivity index (χ1n) is 6.92. The first kappa shape index (κ1) is 12.9. The van der Waals surface area contributed by atoms with Crippen molar-refractivity contribution >= 4 is 5.97 Å². The topological polar surface area (TPSA) is 54.3 Å². The summed E-state index contributed by atoms with van der Waals surface area (Å²) in [7, 11) is 0. The molecule has 1 heterocycles. The zero-order valence-corrected chi connectivity index (χ0v) is 11.2. The second-order valence-electron chi connectivity index (χ2n) is 5.28. The van der Waals surface area contributed by atoms with Gasteiger partial charge in [-0.25, -0.2) is 4.79 Å². The van der Waals surface area contributed by atoms with E-state index in [-0.39, 0.29) is 0 Å². The molecule has 0 saturated heterocycles. The number of nitrogens with one attached hydrogen (secondary N) is 1. The van der Waals surface area contributed by atoms with Crippen LogP contribution < -0.4 is 5.32 Å². The highest BCUT2D eigenvalue weighted by Gasteiger charge is 2.20. The summed E-state index contributed by atoms with van der Waals surface area (Å²) < 4.78 is 2.20. The summed E-state index contributed by atoms with van der Waals surface area (Å²) in [6.07, 6.45) is 4.64. The summed E-state index contributed by atoms with van der Waals surface area (Å²) in [5.41, 5.74) is 2.70. The highest BCUT2D eigenvalue weighted by atomic mass is 16.4. The van der Waals surface area contributed by atoms with Crippen LogP contribution in [-0.2, 0) is 13.1 Å². The van der Waals surface area contributed by atoms with Crippen molar-refractivity contribution in [3.8, 4) is 0 Å². The number of aromatic carboxylic acids is 1. The number of carboxylic acid groups (broad SMARTS) is 1. The number of hydrogen-bond donors (Lipinski definition) is 2. The Labute approximate surface area is 118 Å². The van der Waals surface area contributed by atoms with Crippen LogP contribution in [0.2, 0.25) is 0 Å². The zero-order valence-electron chi connectivity index (χ0n) is 11.2. The molecule has 1 fully saturated rings. The Balaban J connectivity index is 1.67. The van der Waals surface area contributed by atoms with Gasteiger partial charge in [-0.05, 0) is 42.7 Å². The number of rotatable bonds is 6. The van der Waals surface area contributed by atoms with Crippen LogP contribution in [0.1, 0.15) is 34.5 Å². The summed E-state index contributed by atoms with van der Waals surface area (Å²) in [4.78, 5) is 10.8. The highest BCUT2D eigenvalue weighted by Crippen LogP contribution is 2.19. The first-order chi connectivity index (χ1) is 9.72. The standard InChI is InChI=1S/C16H18N2O2/c19-16(20)13-5-3-12(4-6-13)11-18-9-1-2-15(18)10-17-14-7-8-14/h1-6,9,14,17H,7-8,10-11H2,(H,19,20). The molecule has 2 N–H and O–H groups in total. The summed E-state index contributed by atoms with van der Waals surface area (Å²) in [6.45, 7) is 1.67. The van der Waals surface area contributed by atoms with Crippen LogP contribution >= 0.6 is 0 Å². The molecule has 3 rings (SSSR count). The minimum absolute atomic E-state index is 0.330. The second-order valence-corrected chi connectivity index (χ2v) is 5.28. The van der Waals surface area contributed by atoms with Gasteiger partial charge in [0, 0.05) is 31.0 Å². The van der Waals surface area contributed by atoms with Crippen LogP contribution in [0, 0.1) is 0 Å².